The standard InChI is InChI=1S/C4H6NOS/c1-2-4(3-5)7-6/h4H,2H2,1H3/q+1. The van der Waals surface area contributed by atoms with Gasteiger partial charge in [0.1, 0.15) is 6.07 Å². The average molecular weight is 116 g/mol. The molecule has 0 fully saturated rings. The monoisotopic (exact) mass is 116 g/mol. The van der Waals surface area contributed by atoms with Crippen molar-refractivity contribution in [3.63, 3.8) is 0 Å². The van der Waals surface area contributed by atoms with Gasteiger partial charge in [0.15, 0.2) is 0 Å². The molecule has 0 aromatic carbocycles. The van der Waals surface area contributed by atoms with Crippen molar-refractivity contribution in [2.75, 3.05) is 0 Å². The van der Waals surface area contributed by atoms with Crippen LogP contribution in [0.1, 0.15) is 13.3 Å². The maximum atomic E-state index is 9.79. The fourth-order valence-electron chi connectivity index (χ4n) is 0.181. The second-order valence-corrected chi connectivity index (χ2v) is 1.88. The molecular formula is C4H6NOS+. The molecule has 3 heteroatoms. The van der Waals surface area contributed by atoms with Gasteiger partial charge >= 0.3 is 16.9 Å². The number of nitrogens with zero attached hydrogens (tertiary/aromatic N) is 1. The van der Waals surface area contributed by atoms with E-state index in [-0.39, 0.29) is 5.25 Å². The van der Waals surface area contributed by atoms with E-state index in [2.05, 4.69) is 0 Å². The lowest BCUT2D eigenvalue weighted by Crippen LogP contribution is -1.96. The van der Waals surface area contributed by atoms with Gasteiger partial charge in [0.2, 0.25) is 0 Å². The Labute approximate surface area is 46.6 Å². The highest BCUT2D eigenvalue weighted by atomic mass is 32.1. The van der Waals surface area contributed by atoms with Crippen LogP contribution in [0.3, 0.4) is 0 Å². The fraction of sp³-hybridized carbons (Fsp3) is 0.750. The first-order chi connectivity index (χ1) is 3.35. The largest absolute Gasteiger partial charge is 0.478 e. The number of hydrogen-bond donors (Lipinski definition) is 0. The molecule has 0 aromatic heterocycles. The Morgan fingerprint density at radius 2 is 2.57 bits per heavy atom. The molecule has 0 bridgehead atoms. The molecule has 0 aromatic rings. The Hall–Kier alpha value is -0.490. The summed E-state index contributed by atoms with van der Waals surface area (Å²) >= 11 is 0.359. The SMILES string of the molecule is CCC(C#N)[S+]=O. The second-order valence-electron chi connectivity index (χ2n) is 1.12. The number of rotatable bonds is 2. The van der Waals surface area contributed by atoms with Crippen LogP contribution in [0.25, 0.3) is 0 Å². The van der Waals surface area contributed by atoms with E-state index in [1.165, 1.54) is 0 Å². The normalized spacial score (nSPS) is 12.0. The molecule has 7 heavy (non-hydrogen) atoms. The van der Waals surface area contributed by atoms with Crippen molar-refractivity contribution < 1.29 is 4.21 Å². The highest BCUT2D eigenvalue weighted by Gasteiger charge is 2.15. The maximum Gasteiger partial charge on any atom is 0.478 e. The summed E-state index contributed by atoms with van der Waals surface area (Å²) in [6.07, 6.45) is 0.644. The second kappa shape index (κ2) is 3.69. The summed E-state index contributed by atoms with van der Waals surface area (Å²) in [6.45, 7) is 1.82. The summed E-state index contributed by atoms with van der Waals surface area (Å²) in [5.74, 6) is 0. The van der Waals surface area contributed by atoms with Gasteiger partial charge in [0, 0.05) is 10.6 Å². The van der Waals surface area contributed by atoms with Gasteiger partial charge in [-0.3, -0.25) is 0 Å². The predicted molar refractivity (Wildman–Crippen MR) is 27.7 cm³/mol. The van der Waals surface area contributed by atoms with Crippen LogP contribution in [0, 0.1) is 11.3 Å². The minimum Gasteiger partial charge on any atom is -0.192 e. The molecule has 2 nitrogen and oxygen atoms in total. The minimum atomic E-state index is -0.347. The molecule has 0 radical (unpaired) electrons. The molecule has 38 valence electrons. The van der Waals surface area contributed by atoms with Crippen LogP contribution in [0.2, 0.25) is 0 Å². The summed E-state index contributed by atoms with van der Waals surface area (Å²) in [7, 11) is 0. The highest BCUT2D eigenvalue weighted by Crippen LogP contribution is 1.87. The van der Waals surface area contributed by atoms with Gasteiger partial charge in [-0.15, -0.1) is 0 Å². The first-order valence-corrected chi connectivity index (χ1v) is 2.83. The van der Waals surface area contributed by atoms with Gasteiger partial charge in [-0.2, -0.15) is 5.26 Å². The molecule has 0 heterocycles. The van der Waals surface area contributed by atoms with E-state index in [1.54, 1.807) is 0 Å². The minimum absolute atomic E-state index is 0.347. The molecule has 0 saturated carbocycles. The van der Waals surface area contributed by atoms with Gasteiger partial charge < -0.3 is 0 Å². The van der Waals surface area contributed by atoms with E-state index in [0.29, 0.717) is 18.1 Å². The van der Waals surface area contributed by atoms with Crippen molar-refractivity contribution in [2.24, 2.45) is 0 Å². The van der Waals surface area contributed by atoms with Gasteiger partial charge in [-0.25, -0.2) is 0 Å². The first-order valence-electron chi connectivity index (χ1n) is 2.03. The topological polar surface area (TPSA) is 40.9 Å². The van der Waals surface area contributed by atoms with E-state index in [1.807, 2.05) is 13.0 Å². The lowest BCUT2D eigenvalue weighted by atomic mass is 10.4. The summed E-state index contributed by atoms with van der Waals surface area (Å²) in [4.78, 5) is 0. The van der Waals surface area contributed by atoms with Gasteiger partial charge in [-0.05, 0) is 0 Å². The Kier molecular flexibility index (Phi) is 3.43. The molecule has 0 aliphatic rings. The molecular weight excluding hydrogens is 110 g/mol. The first kappa shape index (κ1) is 6.51. The third kappa shape index (κ3) is 2.24. The zero-order valence-electron chi connectivity index (χ0n) is 4.05. The summed E-state index contributed by atoms with van der Waals surface area (Å²) in [5, 5.41) is 7.71. The highest BCUT2D eigenvalue weighted by molar-refractivity contribution is 7.66. The third-order valence-corrected chi connectivity index (χ3v) is 1.30. The van der Waals surface area contributed by atoms with Crippen molar-refractivity contribution in [1.82, 2.24) is 0 Å². The van der Waals surface area contributed by atoms with Crippen LogP contribution < -0.4 is 0 Å². The van der Waals surface area contributed by atoms with E-state index in [9.17, 15) is 4.21 Å². The Bertz CT molecular complexity index is 96.4. The van der Waals surface area contributed by atoms with E-state index >= 15 is 0 Å². The molecule has 1 atom stereocenters. The molecule has 0 saturated heterocycles. The zero-order valence-corrected chi connectivity index (χ0v) is 4.86. The third-order valence-electron chi connectivity index (χ3n) is 0.631. The molecule has 0 aliphatic carbocycles. The molecule has 0 aliphatic heterocycles. The van der Waals surface area contributed by atoms with E-state index in [4.69, 9.17) is 5.26 Å². The van der Waals surface area contributed by atoms with Crippen molar-refractivity contribution in [3.05, 3.63) is 0 Å². The zero-order chi connectivity index (χ0) is 5.70. The lowest BCUT2D eigenvalue weighted by molar-refractivity contribution is 0.601. The van der Waals surface area contributed by atoms with Crippen LogP contribution in [-0.4, -0.2) is 5.25 Å². The van der Waals surface area contributed by atoms with Crippen molar-refractivity contribution in [1.29, 1.82) is 5.26 Å². The molecule has 1 unspecified atom stereocenters. The molecule has 0 N–H and O–H groups in total. The average Bonchev–Trinajstić information content (AvgIpc) is 1.72. The molecule has 0 amide bonds. The van der Waals surface area contributed by atoms with Gasteiger partial charge in [0.25, 0.3) is 0 Å². The fourth-order valence-corrected chi connectivity index (χ4v) is 0.360. The van der Waals surface area contributed by atoms with Gasteiger partial charge in [-0.1, -0.05) is 6.92 Å². The molecule has 0 spiro atoms. The Morgan fingerprint density at radius 3 is 2.57 bits per heavy atom. The van der Waals surface area contributed by atoms with Crippen LogP contribution in [0.5, 0.6) is 0 Å². The maximum absolute atomic E-state index is 9.79. The summed E-state index contributed by atoms with van der Waals surface area (Å²) < 4.78 is 9.79. The summed E-state index contributed by atoms with van der Waals surface area (Å²) in [6, 6.07) is 1.85. The molecule has 0 rings (SSSR count). The van der Waals surface area contributed by atoms with Gasteiger partial charge in [0.05, 0.1) is 0 Å². The quantitative estimate of drug-likeness (QED) is 0.499. The van der Waals surface area contributed by atoms with Crippen LogP contribution in [0.15, 0.2) is 0 Å². The van der Waals surface area contributed by atoms with E-state index < -0.39 is 0 Å². The van der Waals surface area contributed by atoms with Crippen molar-refractivity contribution in [2.45, 2.75) is 18.6 Å². The Morgan fingerprint density at radius 1 is 2.00 bits per heavy atom. The van der Waals surface area contributed by atoms with Crippen molar-refractivity contribution in [3.8, 4) is 6.07 Å². The van der Waals surface area contributed by atoms with Crippen LogP contribution in [-0.2, 0) is 15.9 Å². The predicted octanol–water partition coefficient (Wildman–Crippen LogP) is 0.717. The van der Waals surface area contributed by atoms with E-state index in [0.717, 1.165) is 0 Å². The number of hydrogen-bond acceptors (Lipinski definition) is 2. The lowest BCUT2D eigenvalue weighted by Gasteiger charge is -1.71. The summed E-state index contributed by atoms with van der Waals surface area (Å²) in [5.41, 5.74) is 0. The van der Waals surface area contributed by atoms with Crippen molar-refractivity contribution >= 4 is 11.7 Å². The Balaban J connectivity index is 3.43. The smallest absolute Gasteiger partial charge is 0.192 e. The van der Waals surface area contributed by atoms with Crippen LogP contribution >= 0.6 is 0 Å². The van der Waals surface area contributed by atoms with Crippen LogP contribution in [0.4, 0.5) is 0 Å². The number of nitriles is 1.